The second-order valence-electron chi connectivity index (χ2n) is 6.52. The minimum atomic E-state index is -0.741. The minimum absolute atomic E-state index is 0.0677. The van der Waals surface area contributed by atoms with Crippen molar-refractivity contribution in [3.05, 3.63) is 94.8 Å². The molecule has 6 nitrogen and oxygen atoms in total. The van der Waals surface area contributed by atoms with Crippen LogP contribution in [0.5, 0.6) is 0 Å². The maximum atomic E-state index is 12.9. The summed E-state index contributed by atoms with van der Waals surface area (Å²) in [6.07, 6.45) is 0. The van der Waals surface area contributed by atoms with E-state index in [-0.39, 0.29) is 34.5 Å². The Kier molecular flexibility index (Phi) is 7.40. The van der Waals surface area contributed by atoms with Gasteiger partial charge in [-0.2, -0.15) is 0 Å². The molecular formula is C24H22ClN3O3. The molecule has 0 atom stereocenters. The van der Waals surface area contributed by atoms with Gasteiger partial charge < -0.3 is 15.2 Å². The molecule has 1 aromatic heterocycles. The molecular weight excluding hydrogens is 414 g/mol. The first-order valence-corrected chi connectivity index (χ1v) is 10.1. The van der Waals surface area contributed by atoms with E-state index in [4.69, 9.17) is 16.3 Å². The molecule has 31 heavy (non-hydrogen) atoms. The first kappa shape index (κ1) is 22.1. The lowest BCUT2D eigenvalue weighted by atomic mass is 10.1. The highest BCUT2D eigenvalue weighted by atomic mass is 35.5. The number of aromatic nitrogens is 1. The van der Waals surface area contributed by atoms with Gasteiger partial charge in [-0.1, -0.05) is 48.0 Å². The van der Waals surface area contributed by atoms with E-state index in [1.165, 1.54) is 0 Å². The van der Waals surface area contributed by atoms with Crippen molar-refractivity contribution >= 4 is 40.5 Å². The molecule has 1 heterocycles. The van der Waals surface area contributed by atoms with Crippen molar-refractivity contribution in [2.75, 3.05) is 11.9 Å². The third kappa shape index (κ3) is 5.71. The number of para-hydroxylation sites is 2. The SMILES string of the molecule is CCOC(=O)/C(C(=Nc1ccccc1)Nc1ccccc1)=C(/O)c1ccc(C)nc1Cl. The van der Waals surface area contributed by atoms with Crippen LogP contribution in [0.15, 0.2) is 83.4 Å². The Hall–Kier alpha value is -3.64. The van der Waals surface area contributed by atoms with Crippen LogP contribution in [0.25, 0.3) is 5.76 Å². The molecule has 2 N–H and O–H groups in total. The molecule has 0 aliphatic heterocycles. The maximum Gasteiger partial charge on any atom is 0.345 e. The van der Waals surface area contributed by atoms with E-state index in [2.05, 4.69) is 15.3 Å². The molecule has 7 heteroatoms. The average Bonchev–Trinajstić information content (AvgIpc) is 2.75. The van der Waals surface area contributed by atoms with E-state index in [9.17, 15) is 9.90 Å². The first-order valence-electron chi connectivity index (χ1n) is 9.69. The van der Waals surface area contributed by atoms with Crippen LogP contribution in [0.4, 0.5) is 11.4 Å². The van der Waals surface area contributed by atoms with Gasteiger partial charge in [0.25, 0.3) is 0 Å². The van der Waals surface area contributed by atoms with E-state index in [1.807, 2.05) is 48.5 Å². The lowest BCUT2D eigenvalue weighted by molar-refractivity contribution is -0.137. The van der Waals surface area contributed by atoms with E-state index < -0.39 is 5.97 Å². The molecule has 0 saturated heterocycles. The number of nitrogens with zero attached hydrogens (tertiary/aromatic N) is 2. The summed E-state index contributed by atoms with van der Waals surface area (Å²) in [5.74, 6) is -1.01. The predicted octanol–water partition coefficient (Wildman–Crippen LogP) is 5.72. The molecule has 0 saturated carbocycles. The monoisotopic (exact) mass is 435 g/mol. The number of halogens is 1. The van der Waals surface area contributed by atoms with Crippen LogP contribution < -0.4 is 5.32 Å². The van der Waals surface area contributed by atoms with E-state index >= 15 is 0 Å². The summed E-state index contributed by atoms with van der Waals surface area (Å²) >= 11 is 6.26. The Morgan fingerprint density at radius 2 is 1.71 bits per heavy atom. The highest BCUT2D eigenvalue weighted by molar-refractivity contribution is 6.33. The lowest BCUT2D eigenvalue weighted by Crippen LogP contribution is -2.24. The van der Waals surface area contributed by atoms with Gasteiger partial charge in [0.05, 0.1) is 17.9 Å². The van der Waals surface area contributed by atoms with Gasteiger partial charge in [0.2, 0.25) is 0 Å². The number of benzene rings is 2. The normalized spacial score (nSPS) is 12.2. The summed E-state index contributed by atoms with van der Waals surface area (Å²) in [5, 5.41) is 14.3. The Morgan fingerprint density at radius 3 is 2.32 bits per heavy atom. The fourth-order valence-corrected chi connectivity index (χ4v) is 3.07. The lowest BCUT2D eigenvalue weighted by Gasteiger charge is -2.16. The molecule has 3 aromatic rings. The zero-order chi connectivity index (χ0) is 22.2. The number of aryl methyl sites for hydroxylation is 1. The summed E-state index contributed by atoms with van der Waals surface area (Å²) in [5.41, 5.74) is 2.00. The fraction of sp³-hybridized carbons (Fsp3) is 0.125. The predicted molar refractivity (Wildman–Crippen MR) is 124 cm³/mol. The summed E-state index contributed by atoms with van der Waals surface area (Å²) in [6, 6.07) is 21.6. The Morgan fingerprint density at radius 1 is 1.06 bits per heavy atom. The van der Waals surface area contributed by atoms with Crippen molar-refractivity contribution in [1.82, 2.24) is 4.98 Å². The van der Waals surface area contributed by atoms with Gasteiger partial charge in [0.1, 0.15) is 22.3 Å². The molecule has 0 aliphatic carbocycles. The largest absolute Gasteiger partial charge is 0.506 e. The summed E-state index contributed by atoms with van der Waals surface area (Å²) in [7, 11) is 0. The number of hydrogen-bond donors (Lipinski definition) is 2. The number of nitrogens with one attached hydrogen (secondary N) is 1. The number of carbonyl (C=O) groups excluding carboxylic acids is 1. The summed E-state index contributed by atoms with van der Waals surface area (Å²) in [6.45, 7) is 3.59. The van der Waals surface area contributed by atoms with E-state index in [1.54, 1.807) is 38.1 Å². The Labute approximate surface area is 185 Å². The van der Waals surface area contributed by atoms with Crippen molar-refractivity contribution in [2.45, 2.75) is 13.8 Å². The van der Waals surface area contributed by atoms with Gasteiger partial charge >= 0.3 is 5.97 Å². The van der Waals surface area contributed by atoms with E-state index in [0.717, 1.165) is 0 Å². The molecule has 0 radical (unpaired) electrons. The molecule has 0 amide bonds. The molecule has 3 rings (SSSR count). The van der Waals surface area contributed by atoms with Crippen LogP contribution in [0, 0.1) is 6.92 Å². The van der Waals surface area contributed by atoms with Crippen LogP contribution in [0.2, 0.25) is 5.15 Å². The van der Waals surface area contributed by atoms with Gasteiger partial charge in [0.15, 0.2) is 0 Å². The number of aliphatic imine (C=N–C) groups is 1. The smallest absolute Gasteiger partial charge is 0.345 e. The molecule has 0 aliphatic rings. The van der Waals surface area contributed by atoms with Crippen molar-refractivity contribution in [3.63, 3.8) is 0 Å². The Bertz CT molecular complexity index is 1110. The molecule has 0 bridgehead atoms. The molecule has 2 aromatic carbocycles. The average molecular weight is 436 g/mol. The maximum absolute atomic E-state index is 12.9. The fourth-order valence-electron chi connectivity index (χ4n) is 2.78. The van der Waals surface area contributed by atoms with Gasteiger partial charge in [0, 0.05) is 11.4 Å². The zero-order valence-corrected chi connectivity index (χ0v) is 17.9. The minimum Gasteiger partial charge on any atom is -0.506 e. The topological polar surface area (TPSA) is 83.8 Å². The van der Waals surface area contributed by atoms with Crippen molar-refractivity contribution in [3.8, 4) is 0 Å². The number of aliphatic hydroxyl groups is 1. The number of rotatable bonds is 6. The summed E-state index contributed by atoms with van der Waals surface area (Å²) in [4.78, 5) is 21.7. The zero-order valence-electron chi connectivity index (χ0n) is 17.2. The highest BCUT2D eigenvalue weighted by Gasteiger charge is 2.26. The van der Waals surface area contributed by atoms with Gasteiger partial charge in [-0.3, -0.25) is 0 Å². The quantitative estimate of drug-likeness (QED) is 0.129. The van der Waals surface area contributed by atoms with Crippen LogP contribution in [-0.4, -0.2) is 28.5 Å². The second kappa shape index (κ2) is 10.4. The number of esters is 1. The number of anilines is 1. The second-order valence-corrected chi connectivity index (χ2v) is 6.88. The van der Waals surface area contributed by atoms with Crippen LogP contribution in [0.1, 0.15) is 18.2 Å². The highest BCUT2D eigenvalue weighted by Crippen LogP contribution is 2.26. The third-order valence-electron chi connectivity index (χ3n) is 4.23. The van der Waals surface area contributed by atoms with Crippen molar-refractivity contribution < 1.29 is 14.6 Å². The third-order valence-corrected chi connectivity index (χ3v) is 4.52. The van der Waals surface area contributed by atoms with Gasteiger partial charge in [-0.15, -0.1) is 0 Å². The molecule has 0 spiro atoms. The number of ether oxygens (including phenoxy) is 1. The number of amidine groups is 1. The van der Waals surface area contributed by atoms with Crippen LogP contribution in [0.3, 0.4) is 0 Å². The number of pyridine rings is 1. The summed E-state index contributed by atoms with van der Waals surface area (Å²) < 4.78 is 5.23. The molecule has 0 unspecified atom stereocenters. The number of carbonyl (C=O) groups is 1. The van der Waals surface area contributed by atoms with Crippen molar-refractivity contribution in [2.24, 2.45) is 4.99 Å². The molecule has 0 fully saturated rings. The van der Waals surface area contributed by atoms with Crippen molar-refractivity contribution in [1.29, 1.82) is 0 Å². The van der Waals surface area contributed by atoms with Gasteiger partial charge in [-0.05, 0) is 50.2 Å². The number of hydrogen-bond acceptors (Lipinski definition) is 5. The standard InChI is InChI=1S/C24H22ClN3O3/c1-3-31-24(30)20(21(29)19-15-14-16(2)26-22(19)25)23(27-17-10-6-4-7-11-17)28-18-12-8-5-9-13-18/h4-15,29H,3H2,1-2H3,(H,27,28)/b21-20+. The number of aliphatic hydroxyl groups excluding tert-OH is 1. The van der Waals surface area contributed by atoms with E-state index in [0.29, 0.717) is 17.1 Å². The van der Waals surface area contributed by atoms with Crippen LogP contribution >= 0.6 is 11.6 Å². The Balaban J connectivity index is 2.21. The van der Waals surface area contributed by atoms with Crippen LogP contribution in [-0.2, 0) is 9.53 Å². The first-order chi connectivity index (χ1) is 15.0. The molecule has 158 valence electrons. The van der Waals surface area contributed by atoms with Gasteiger partial charge in [-0.25, -0.2) is 14.8 Å².